The van der Waals surface area contributed by atoms with Gasteiger partial charge in [-0.05, 0) is 19.4 Å². The second-order valence-corrected chi connectivity index (χ2v) is 4.36. The Morgan fingerprint density at radius 3 is 2.69 bits per heavy atom. The highest BCUT2D eigenvalue weighted by atomic mass is 16.5. The van der Waals surface area contributed by atoms with Crippen molar-refractivity contribution in [2.24, 2.45) is 11.7 Å². The molecule has 1 aliphatic rings. The van der Waals surface area contributed by atoms with Crippen LogP contribution in [0.15, 0.2) is 0 Å². The molecule has 1 aliphatic heterocycles. The van der Waals surface area contributed by atoms with E-state index in [0.29, 0.717) is 12.0 Å². The Balaban J connectivity index is 2.26. The molecule has 0 amide bonds. The lowest BCUT2D eigenvalue weighted by molar-refractivity contribution is 0.152. The second-order valence-electron chi connectivity index (χ2n) is 4.36. The van der Waals surface area contributed by atoms with Gasteiger partial charge in [0.05, 0.1) is 6.61 Å². The molecule has 78 valence electrons. The Labute approximate surface area is 81.2 Å². The van der Waals surface area contributed by atoms with Crippen LogP contribution in [0.25, 0.3) is 0 Å². The molecule has 0 aliphatic carbocycles. The Morgan fingerprint density at radius 1 is 1.54 bits per heavy atom. The molecule has 0 saturated carbocycles. The van der Waals surface area contributed by atoms with Crippen molar-refractivity contribution < 1.29 is 4.74 Å². The van der Waals surface area contributed by atoms with Gasteiger partial charge in [0.1, 0.15) is 0 Å². The standard InChI is InChI=1S/C10H22N2O/c1-8(2)10(11)6-12(3)9-4-5-13-7-9/h8-10H,4-7,11H2,1-3H3. The number of nitrogens with two attached hydrogens (primary N) is 1. The fourth-order valence-electron chi connectivity index (χ4n) is 1.56. The molecule has 1 fully saturated rings. The van der Waals surface area contributed by atoms with Crippen molar-refractivity contribution in [1.29, 1.82) is 0 Å². The van der Waals surface area contributed by atoms with E-state index >= 15 is 0 Å². The quantitative estimate of drug-likeness (QED) is 0.702. The van der Waals surface area contributed by atoms with E-state index in [4.69, 9.17) is 10.5 Å². The van der Waals surface area contributed by atoms with Crippen LogP contribution in [0.3, 0.4) is 0 Å². The highest BCUT2D eigenvalue weighted by Crippen LogP contribution is 2.11. The summed E-state index contributed by atoms with van der Waals surface area (Å²) >= 11 is 0. The van der Waals surface area contributed by atoms with Crippen LogP contribution in [0.4, 0.5) is 0 Å². The molecule has 3 nitrogen and oxygen atoms in total. The summed E-state index contributed by atoms with van der Waals surface area (Å²) < 4.78 is 5.34. The minimum absolute atomic E-state index is 0.283. The molecular formula is C10H22N2O. The van der Waals surface area contributed by atoms with Gasteiger partial charge in [-0.2, -0.15) is 0 Å². The van der Waals surface area contributed by atoms with E-state index in [9.17, 15) is 0 Å². The molecule has 0 bridgehead atoms. The van der Waals surface area contributed by atoms with Gasteiger partial charge in [-0.15, -0.1) is 0 Å². The van der Waals surface area contributed by atoms with Gasteiger partial charge in [0.15, 0.2) is 0 Å². The van der Waals surface area contributed by atoms with Crippen LogP contribution < -0.4 is 5.73 Å². The van der Waals surface area contributed by atoms with Crippen molar-refractivity contribution in [3.63, 3.8) is 0 Å². The number of likely N-dealkylation sites (N-methyl/N-ethyl adjacent to an activating group) is 1. The zero-order valence-electron chi connectivity index (χ0n) is 8.99. The minimum atomic E-state index is 0.283. The predicted octanol–water partition coefficient (Wildman–Crippen LogP) is 0.690. The largest absolute Gasteiger partial charge is 0.380 e. The second kappa shape index (κ2) is 4.94. The topological polar surface area (TPSA) is 38.5 Å². The van der Waals surface area contributed by atoms with E-state index in [1.54, 1.807) is 0 Å². The first-order valence-electron chi connectivity index (χ1n) is 5.15. The van der Waals surface area contributed by atoms with Crippen molar-refractivity contribution in [2.45, 2.75) is 32.4 Å². The molecule has 13 heavy (non-hydrogen) atoms. The van der Waals surface area contributed by atoms with Crippen molar-refractivity contribution in [2.75, 3.05) is 26.8 Å². The maximum Gasteiger partial charge on any atom is 0.0622 e. The van der Waals surface area contributed by atoms with Gasteiger partial charge in [-0.3, -0.25) is 4.90 Å². The van der Waals surface area contributed by atoms with Crippen LogP contribution in [-0.2, 0) is 4.74 Å². The number of nitrogens with zero attached hydrogens (tertiary/aromatic N) is 1. The lowest BCUT2D eigenvalue weighted by Crippen LogP contribution is -2.43. The van der Waals surface area contributed by atoms with E-state index in [-0.39, 0.29) is 6.04 Å². The molecule has 2 atom stereocenters. The van der Waals surface area contributed by atoms with Crippen molar-refractivity contribution >= 4 is 0 Å². The molecule has 0 aromatic heterocycles. The van der Waals surface area contributed by atoms with Gasteiger partial charge < -0.3 is 10.5 Å². The minimum Gasteiger partial charge on any atom is -0.380 e. The molecule has 0 aromatic carbocycles. The fraction of sp³-hybridized carbons (Fsp3) is 1.00. The first-order chi connectivity index (χ1) is 6.11. The lowest BCUT2D eigenvalue weighted by Gasteiger charge is -2.27. The molecule has 0 radical (unpaired) electrons. The van der Waals surface area contributed by atoms with Gasteiger partial charge in [-0.25, -0.2) is 0 Å². The third-order valence-corrected chi connectivity index (χ3v) is 2.88. The summed E-state index contributed by atoms with van der Waals surface area (Å²) in [6.45, 7) is 7.10. The monoisotopic (exact) mass is 186 g/mol. The average Bonchev–Trinajstić information content (AvgIpc) is 2.55. The highest BCUT2D eigenvalue weighted by molar-refractivity contribution is 4.77. The van der Waals surface area contributed by atoms with E-state index in [0.717, 1.165) is 26.2 Å². The summed E-state index contributed by atoms with van der Waals surface area (Å²) in [4.78, 5) is 2.33. The summed E-state index contributed by atoms with van der Waals surface area (Å²) in [5.41, 5.74) is 6.00. The zero-order valence-corrected chi connectivity index (χ0v) is 8.99. The third kappa shape index (κ3) is 3.25. The molecule has 2 unspecified atom stereocenters. The lowest BCUT2D eigenvalue weighted by atomic mass is 10.0. The van der Waals surface area contributed by atoms with Crippen molar-refractivity contribution in [3.8, 4) is 0 Å². The van der Waals surface area contributed by atoms with Gasteiger partial charge in [0, 0.05) is 25.2 Å². The van der Waals surface area contributed by atoms with Crippen LogP contribution in [-0.4, -0.2) is 43.8 Å². The van der Waals surface area contributed by atoms with E-state index < -0.39 is 0 Å². The number of ether oxygens (including phenoxy) is 1. The first-order valence-corrected chi connectivity index (χ1v) is 5.15. The Bertz CT molecular complexity index is 144. The SMILES string of the molecule is CC(C)C(N)CN(C)C1CCOC1. The third-order valence-electron chi connectivity index (χ3n) is 2.88. The van der Waals surface area contributed by atoms with Crippen molar-refractivity contribution in [3.05, 3.63) is 0 Å². The predicted molar refractivity (Wildman–Crippen MR) is 54.7 cm³/mol. The van der Waals surface area contributed by atoms with Crippen LogP contribution >= 0.6 is 0 Å². The van der Waals surface area contributed by atoms with E-state index in [2.05, 4.69) is 25.8 Å². The maximum atomic E-state index is 6.00. The number of hydrogen-bond acceptors (Lipinski definition) is 3. The number of rotatable bonds is 4. The van der Waals surface area contributed by atoms with Crippen LogP contribution in [0.2, 0.25) is 0 Å². The molecule has 2 N–H and O–H groups in total. The fourth-order valence-corrected chi connectivity index (χ4v) is 1.56. The summed E-state index contributed by atoms with van der Waals surface area (Å²) in [6, 6.07) is 0.871. The summed E-state index contributed by atoms with van der Waals surface area (Å²) in [5, 5.41) is 0. The Morgan fingerprint density at radius 2 is 2.23 bits per heavy atom. The van der Waals surface area contributed by atoms with Crippen LogP contribution in [0.1, 0.15) is 20.3 Å². The van der Waals surface area contributed by atoms with Gasteiger partial charge in [0.25, 0.3) is 0 Å². The van der Waals surface area contributed by atoms with Gasteiger partial charge in [-0.1, -0.05) is 13.8 Å². The maximum absolute atomic E-state index is 6.00. The Hall–Kier alpha value is -0.120. The zero-order chi connectivity index (χ0) is 9.84. The molecule has 1 heterocycles. The van der Waals surface area contributed by atoms with Gasteiger partial charge >= 0.3 is 0 Å². The van der Waals surface area contributed by atoms with Crippen LogP contribution in [0.5, 0.6) is 0 Å². The molecule has 1 saturated heterocycles. The van der Waals surface area contributed by atoms with Crippen molar-refractivity contribution in [1.82, 2.24) is 4.90 Å². The highest BCUT2D eigenvalue weighted by Gasteiger charge is 2.22. The molecular weight excluding hydrogens is 164 g/mol. The van der Waals surface area contributed by atoms with Gasteiger partial charge in [0.2, 0.25) is 0 Å². The average molecular weight is 186 g/mol. The van der Waals surface area contributed by atoms with E-state index in [1.807, 2.05) is 0 Å². The molecule has 3 heteroatoms. The Kier molecular flexibility index (Phi) is 4.16. The molecule has 0 spiro atoms. The summed E-state index contributed by atoms with van der Waals surface area (Å²) in [5.74, 6) is 0.560. The molecule has 1 rings (SSSR count). The summed E-state index contributed by atoms with van der Waals surface area (Å²) in [6.07, 6.45) is 1.15. The normalized spacial score (nSPS) is 25.8. The smallest absolute Gasteiger partial charge is 0.0622 e. The molecule has 0 aromatic rings. The first kappa shape index (κ1) is 11.0. The number of hydrogen-bond donors (Lipinski definition) is 1. The van der Waals surface area contributed by atoms with E-state index in [1.165, 1.54) is 0 Å². The summed E-state index contributed by atoms with van der Waals surface area (Å²) in [7, 11) is 2.14. The van der Waals surface area contributed by atoms with Crippen LogP contribution in [0, 0.1) is 5.92 Å².